The molecule has 1 N–H and O–H groups in total. The maximum Gasteiger partial charge on any atom is 0.233 e. The predicted octanol–water partition coefficient (Wildman–Crippen LogP) is 1.66. The molecule has 0 radical (unpaired) electrons. The van der Waals surface area contributed by atoms with Crippen LogP contribution in [0.25, 0.3) is 0 Å². The van der Waals surface area contributed by atoms with Gasteiger partial charge in [0.1, 0.15) is 0 Å². The molecule has 2 heterocycles. The summed E-state index contributed by atoms with van der Waals surface area (Å²) in [5.74, 6) is 0.160. The molecule has 1 aliphatic heterocycles. The van der Waals surface area contributed by atoms with E-state index in [1.165, 1.54) is 0 Å². The molecule has 1 amide bonds. The molecular formula is C11H17N3OS. The predicted molar refractivity (Wildman–Crippen MR) is 64.4 cm³/mol. The van der Waals surface area contributed by atoms with E-state index in [-0.39, 0.29) is 11.2 Å². The molecule has 1 atom stereocenters. The summed E-state index contributed by atoms with van der Waals surface area (Å²) in [5.41, 5.74) is 0. The van der Waals surface area contributed by atoms with Crippen LogP contribution in [0.4, 0.5) is 0 Å². The summed E-state index contributed by atoms with van der Waals surface area (Å²) in [6, 6.07) is 0. The monoisotopic (exact) mass is 239 g/mol. The van der Waals surface area contributed by atoms with Gasteiger partial charge in [-0.1, -0.05) is 18.2 Å². The number of carbonyl (C=O) groups is 1. The summed E-state index contributed by atoms with van der Waals surface area (Å²) < 4.78 is 2.07. The molecule has 1 fully saturated rings. The zero-order valence-electron chi connectivity index (χ0n) is 9.48. The average Bonchev–Trinajstić information content (AvgIpc) is 2.64. The average molecular weight is 239 g/mol. The van der Waals surface area contributed by atoms with Gasteiger partial charge in [0.25, 0.3) is 0 Å². The Hall–Kier alpha value is -0.970. The molecule has 0 spiro atoms. The topological polar surface area (TPSA) is 46.9 Å². The maximum atomic E-state index is 11.8. The van der Waals surface area contributed by atoms with E-state index < -0.39 is 0 Å². The summed E-state index contributed by atoms with van der Waals surface area (Å²) in [7, 11) is 0. The van der Waals surface area contributed by atoms with Crippen molar-refractivity contribution < 1.29 is 4.79 Å². The van der Waals surface area contributed by atoms with Crippen LogP contribution < -0.4 is 5.32 Å². The third-order valence-electron chi connectivity index (χ3n) is 2.75. The third-order valence-corrected chi connectivity index (χ3v) is 4.04. The maximum absolute atomic E-state index is 11.8. The summed E-state index contributed by atoms with van der Waals surface area (Å²) in [6.45, 7) is 3.80. The number of nitrogens with one attached hydrogen (secondary N) is 1. The molecule has 0 bridgehead atoms. The number of imidazole rings is 1. The first-order valence-electron chi connectivity index (χ1n) is 5.76. The lowest BCUT2D eigenvalue weighted by Gasteiger charge is -2.12. The van der Waals surface area contributed by atoms with Crippen LogP contribution in [-0.2, 0) is 11.3 Å². The summed E-state index contributed by atoms with van der Waals surface area (Å²) in [4.78, 5) is 16.1. The van der Waals surface area contributed by atoms with E-state index in [9.17, 15) is 4.79 Å². The van der Waals surface area contributed by atoms with E-state index in [2.05, 4.69) is 21.8 Å². The Morgan fingerprint density at radius 1 is 1.62 bits per heavy atom. The van der Waals surface area contributed by atoms with Crippen molar-refractivity contribution in [2.45, 2.75) is 43.1 Å². The van der Waals surface area contributed by atoms with Crippen molar-refractivity contribution >= 4 is 17.7 Å². The second kappa shape index (κ2) is 5.39. The molecule has 1 aromatic rings. The summed E-state index contributed by atoms with van der Waals surface area (Å²) in [6.07, 6.45) is 6.90. The number of carbonyl (C=O) groups excluding carboxylic acids is 1. The summed E-state index contributed by atoms with van der Waals surface area (Å²) >= 11 is 1.58. The molecule has 0 aliphatic carbocycles. The van der Waals surface area contributed by atoms with Gasteiger partial charge in [0.15, 0.2) is 5.16 Å². The van der Waals surface area contributed by atoms with E-state index in [0.29, 0.717) is 0 Å². The molecule has 0 saturated carbocycles. The Balaban J connectivity index is 2.04. The molecule has 88 valence electrons. The van der Waals surface area contributed by atoms with Crippen molar-refractivity contribution in [3.05, 3.63) is 12.4 Å². The second-order valence-electron chi connectivity index (χ2n) is 3.89. The molecule has 2 rings (SSSR count). The Morgan fingerprint density at radius 2 is 2.50 bits per heavy atom. The van der Waals surface area contributed by atoms with Gasteiger partial charge in [0.2, 0.25) is 5.91 Å². The normalized spacial score (nSPS) is 21.6. The zero-order chi connectivity index (χ0) is 11.4. The zero-order valence-corrected chi connectivity index (χ0v) is 10.3. The van der Waals surface area contributed by atoms with Crippen LogP contribution in [0.3, 0.4) is 0 Å². The van der Waals surface area contributed by atoms with Crippen LogP contribution in [-0.4, -0.2) is 27.3 Å². The molecular weight excluding hydrogens is 222 g/mol. The first-order chi connectivity index (χ1) is 7.81. The van der Waals surface area contributed by atoms with Crippen LogP contribution in [0, 0.1) is 0 Å². The molecule has 16 heavy (non-hydrogen) atoms. The molecule has 1 aliphatic rings. The Morgan fingerprint density at radius 3 is 3.31 bits per heavy atom. The highest BCUT2D eigenvalue weighted by molar-refractivity contribution is 8.00. The van der Waals surface area contributed by atoms with E-state index in [1.807, 2.05) is 6.20 Å². The number of hydrogen-bond acceptors (Lipinski definition) is 3. The highest BCUT2D eigenvalue weighted by atomic mass is 32.2. The first-order valence-corrected chi connectivity index (χ1v) is 6.64. The quantitative estimate of drug-likeness (QED) is 0.872. The Bertz CT molecular complexity index is 364. The number of aromatic nitrogens is 2. The van der Waals surface area contributed by atoms with Crippen LogP contribution >= 0.6 is 11.8 Å². The number of aryl methyl sites for hydroxylation is 1. The Labute approximate surface area is 99.8 Å². The molecule has 0 unspecified atom stereocenters. The molecule has 1 aromatic heterocycles. The van der Waals surface area contributed by atoms with Crippen molar-refractivity contribution in [1.82, 2.24) is 14.9 Å². The largest absolute Gasteiger partial charge is 0.355 e. The number of hydrogen-bond donors (Lipinski definition) is 1. The van der Waals surface area contributed by atoms with Gasteiger partial charge in [-0.2, -0.15) is 0 Å². The first kappa shape index (κ1) is 11.5. The van der Waals surface area contributed by atoms with E-state index in [0.717, 1.165) is 37.5 Å². The number of thioether (sulfide) groups is 1. The van der Waals surface area contributed by atoms with E-state index in [4.69, 9.17) is 0 Å². The third kappa shape index (κ3) is 2.58. The van der Waals surface area contributed by atoms with Crippen molar-refractivity contribution in [2.75, 3.05) is 6.54 Å². The van der Waals surface area contributed by atoms with Gasteiger partial charge in [-0.3, -0.25) is 4.79 Å². The van der Waals surface area contributed by atoms with Crippen molar-refractivity contribution in [2.24, 2.45) is 0 Å². The summed E-state index contributed by atoms with van der Waals surface area (Å²) in [5, 5.41) is 3.92. The van der Waals surface area contributed by atoms with Gasteiger partial charge in [-0.25, -0.2) is 4.98 Å². The number of amides is 1. The minimum atomic E-state index is 0.0233. The lowest BCUT2D eigenvalue weighted by Crippen LogP contribution is -2.30. The standard InChI is InChI=1S/C11H17N3OS/c1-2-14-8-7-13-11(14)16-9-5-3-4-6-12-10(9)15/h7-9H,2-6H2,1H3,(H,12,15)/t9-/m1/s1. The van der Waals surface area contributed by atoms with Crippen LogP contribution in [0.2, 0.25) is 0 Å². The molecule has 1 saturated heterocycles. The van der Waals surface area contributed by atoms with E-state index >= 15 is 0 Å². The highest BCUT2D eigenvalue weighted by Gasteiger charge is 2.23. The number of rotatable bonds is 3. The van der Waals surface area contributed by atoms with Gasteiger partial charge in [-0.05, 0) is 19.8 Å². The van der Waals surface area contributed by atoms with Gasteiger partial charge >= 0.3 is 0 Å². The SMILES string of the molecule is CCn1ccnc1S[C@@H]1CCCCNC1=O. The molecule has 4 nitrogen and oxygen atoms in total. The van der Waals surface area contributed by atoms with Gasteiger partial charge in [0.05, 0.1) is 5.25 Å². The van der Waals surface area contributed by atoms with Crippen molar-refractivity contribution in [1.29, 1.82) is 0 Å². The smallest absolute Gasteiger partial charge is 0.233 e. The lowest BCUT2D eigenvalue weighted by atomic mass is 10.2. The van der Waals surface area contributed by atoms with Crippen molar-refractivity contribution in [3.8, 4) is 0 Å². The van der Waals surface area contributed by atoms with Gasteiger partial charge < -0.3 is 9.88 Å². The minimum absolute atomic E-state index is 0.0233. The Kier molecular flexibility index (Phi) is 3.88. The van der Waals surface area contributed by atoms with Crippen LogP contribution in [0.5, 0.6) is 0 Å². The van der Waals surface area contributed by atoms with Gasteiger partial charge in [0, 0.05) is 25.5 Å². The van der Waals surface area contributed by atoms with Gasteiger partial charge in [-0.15, -0.1) is 0 Å². The van der Waals surface area contributed by atoms with Crippen LogP contribution in [0.1, 0.15) is 26.2 Å². The van der Waals surface area contributed by atoms with E-state index in [1.54, 1.807) is 18.0 Å². The number of nitrogens with zero attached hydrogens (tertiary/aromatic N) is 2. The fraction of sp³-hybridized carbons (Fsp3) is 0.636. The lowest BCUT2D eigenvalue weighted by molar-refractivity contribution is -0.120. The molecule has 5 heteroatoms. The fourth-order valence-corrected chi connectivity index (χ4v) is 2.98. The highest BCUT2D eigenvalue weighted by Crippen LogP contribution is 2.26. The molecule has 0 aromatic carbocycles. The van der Waals surface area contributed by atoms with Crippen LogP contribution in [0.15, 0.2) is 17.6 Å². The fourth-order valence-electron chi connectivity index (χ4n) is 1.81. The minimum Gasteiger partial charge on any atom is -0.355 e. The van der Waals surface area contributed by atoms with Crippen molar-refractivity contribution in [3.63, 3.8) is 0 Å². The second-order valence-corrected chi connectivity index (χ2v) is 5.06.